The summed E-state index contributed by atoms with van der Waals surface area (Å²) in [6.07, 6.45) is 3.14. The first-order chi connectivity index (χ1) is 9.69. The maximum Gasteiger partial charge on any atom is 0.0861 e. The van der Waals surface area contributed by atoms with Crippen LogP contribution in [0.4, 0.5) is 0 Å². The lowest BCUT2D eigenvalue weighted by molar-refractivity contribution is 0.403. The maximum absolute atomic E-state index is 6.46. The fourth-order valence-corrected chi connectivity index (χ4v) is 1.94. The number of nitrogens with one attached hydrogen (secondary N) is 1. The summed E-state index contributed by atoms with van der Waals surface area (Å²) in [6, 6.07) is 12.6. The number of nitrogens with zero attached hydrogens (tertiary/aromatic N) is 3. The summed E-state index contributed by atoms with van der Waals surface area (Å²) in [6.45, 7) is 4.97. The zero-order valence-corrected chi connectivity index (χ0v) is 13.9. The molecule has 1 heterocycles. The third-order valence-corrected chi connectivity index (χ3v) is 2.98. The van der Waals surface area contributed by atoms with Crippen LogP contribution < -0.4 is 0 Å². The first kappa shape index (κ1) is 19.4. The van der Waals surface area contributed by atoms with Gasteiger partial charge in [0.1, 0.15) is 0 Å². The molecular weight excluding hydrogens is 284 g/mol. The minimum Gasteiger partial charge on any atom is -0.348 e. The topological polar surface area (TPSA) is 44.4 Å². The zero-order chi connectivity index (χ0) is 14.8. The number of aromatic nitrogens is 1. The van der Waals surface area contributed by atoms with Crippen molar-refractivity contribution in [2.75, 3.05) is 27.2 Å². The Morgan fingerprint density at radius 3 is 2.57 bits per heavy atom. The average molecular weight is 309 g/mol. The first-order valence-electron chi connectivity index (χ1n) is 6.95. The Hall–Kier alpha value is -1.61. The molecule has 0 radical (unpaired) electrons. The minimum atomic E-state index is 0. The number of aliphatic imine (C=N–C) groups is 1. The van der Waals surface area contributed by atoms with Crippen molar-refractivity contribution in [2.24, 2.45) is 4.99 Å². The molecule has 21 heavy (non-hydrogen) atoms. The fourth-order valence-electron chi connectivity index (χ4n) is 1.94. The van der Waals surface area contributed by atoms with E-state index >= 15 is 0 Å². The Balaban J connectivity index is 0.000000373. The van der Waals surface area contributed by atoms with Gasteiger partial charge in [0.25, 0.3) is 0 Å². The van der Waals surface area contributed by atoms with Crippen LogP contribution in [-0.4, -0.2) is 42.7 Å². The van der Waals surface area contributed by atoms with Crippen molar-refractivity contribution >= 4 is 29.3 Å². The number of rotatable bonds is 5. The highest BCUT2D eigenvalue weighted by Gasteiger charge is 1.95. The predicted octanol–water partition coefficient (Wildman–Crippen LogP) is 3.77. The van der Waals surface area contributed by atoms with Crippen molar-refractivity contribution in [3.63, 3.8) is 0 Å². The molecule has 0 aliphatic carbocycles. The van der Waals surface area contributed by atoms with E-state index in [1.165, 1.54) is 10.9 Å². The van der Waals surface area contributed by atoms with Gasteiger partial charge >= 0.3 is 0 Å². The molecule has 116 valence electrons. The summed E-state index contributed by atoms with van der Waals surface area (Å²) in [5, 5.41) is 7.79. The lowest BCUT2D eigenvalue weighted by atomic mass is 10.2. The third-order valence-electron chi connectivity index (χ3n) is 2.98. The SMILES string of the molecule is CCn1ccc2ccccc21.CN(C)CCCN=C=N.Cl. The lowest BCUT2D eigenvalue weighted by Crippen LogP contribution is -2.13. The van der Waals surface area contributed by atoms with Gasteiger partial charge < -0.3 is 9.47 Å². The molecule has 0 atom stereocenters. The van der Waals surface area contributed by atoms with E-state index in [0.717, 1.165) is 26.1 Å². The highest BCUT2D eigenvalue weighted by molar-refractivity contribution is 5.85. The van der Waals surface area contributed by atoms with Crippen LogP contribution in [0.25, 0.3) is 10.9 Å². The van der Waals surface area contributed by atoms with E-state index in [4.69, 9.17) is 5.41 Å². The normalized spacial score (nSPS) is 9.52. The number of aryl methyl sites for hydroxylation is 1. The van der Waals surface area contributed by atoms with Gasteiger partial charge in [-0.15, -0.1) is 12.4 Å². The van der Waals surface area contributed by atoms with Crippen LogP contribution in [0.5, 0.6) is 0 Å². The molecule has 1 aromatic carbocycles. The monoisotopic (exact) mass is 308 g/mol. The predicted molar refractivity (Wildman–Crippen MR) is 93.1 cm³/mol. The number of hydrogen-bond acceptors (Lipinski definition) is 3. The smallest absolute Gasteiger partial charge is 0.0861 e. The molecule has 0 saturated heterocycles. The van der Waals surface area contributed by atoms with E-state index in [1.807, 2.05) is 20.1 Å². The van der Waals surface area contributed by atoms with Crippen molar-refractivity contribution in [1.29, 1.82) is 5.41 Å². The van der Waals surface area contributed by atoms with Gasteiger partial charge in [0, 0.05) is 18.3 Å². The van der Waals surface area contributed by atoms with Crippen molar-refractivity contribution in [3.05, 3.63) is 36.5 Å². The number of halogens is 1. The summed E-state index contributed by atoms with van der Waals surface area (Å²) >= 11 is 0. The zero-order valence-electron chi connectivity index (χ0n) is 13.0. The van der Waals surface area contributed by atoms with Crippen molar-refractivity contribution in [1.82, 2.24) is 9.47 Å². The second-order valence-electron chi connectivity index (χ2n) is 4.81. The Labute approximate surface area is 133 Å². The molecule has 5 heteroatoms. The van der Waals surface area contributed by atoms with E-state index in [1.54, 1.807) is 0 Å². The molecular formula is C16H25ClN4. The summed E-state index contributed by atoms with van der Waals surface area (Å²) in [4.78, 5) is 5.73. The largest absolute Gasteiger partial charge is 0.348 e. The van der Waals surface area contributed by atoms with Gasteiger partial charge in [-0.3, -0.25) is 0 Å². The van der Waals surface area contributed by atoms with Gasteiger partial charge in [-0.05, 0) is 51.5 Å². The van der Waals surface area contributed by atoms with E-state index in [9.17, 15) is 0 Å². The van der Waals surface area contributed by atoms with Crippen molar-refractivity contribution in [2.45, 2.75) is 19.9 Å². The van der Waals surface area contributed by atoms with E-state index in [0.29, 0.717) is 0 Å². The molecule has 2 rings (SSSR count). The molecule has 0 unspecified atom stereocenters. The molecule has 0 spiro atoms. The molecule has 0 aliphatic heterocycles. The number of para-hydroxylation sites is 1. The van der Waals surface area contributed by atoms with E-state index < -0.39 is 0 Å². The number of hydrogen-bond donors (Lipinski definition) is 1. The lowest BCUT2D eigenvalue weighted by Gasteiger charge is -2.05. The molecule has 0 bridgehead atoms. The molecule has 0 fully saturated rings. The number of benzene rings is 1. The standard InChI is InChI=1S/C10H11N.C6H13N3.ClH/c1-2-11-8-7-9-5-3-4-6-10(9)11;1-9(2)5-3-4-8-6-7;/h3-8H,2H2,1H3;7H,3-5H2,1-2H3;1H. The molecule has 0 amide bonds. The average Bonchev–Trinajstić information content (AvgIpc) is 2.87. The van der Waals surface area contributed by atoms with Crippen LogP contribution in [0, 0.1) is 5.41 Å². The molecule has 2 aromatic rings. The molecule has 0 aliphatic rings. The molecule has 4 nitrogen and oxygen atoms in total. The van der Waals surface area contributed by atoms with Crippen LogP contribution >= 0.6 is 12.4 Å². The fraction of sp³-hybridized carbons (Fsp3) is 0.438. The second kappa shape index (κ2) is 11.1. The third kappa shape index (κ3) is 7.09. The molecule has 0 saturated carbocycles. The Bertz CT molecular complexity index is 556. The quantitative estimate of drug-likeness (QED) is 0.663. The van der Waals surface area contributed by atoms with Gasteiger partial charge in [-0.2, -0.15) is 0 Å². The van der Waals surface area contributed by atoms with Crippen LogP contribution in [0.15, 0.2) is 41.5 Å². The summed E-state index contributed by atoms with van der Waals surface area (Å²) in [5.41, 5.74) is 1.33. The van der Waals surface area contributed by atoms with Gasteiger partial charge in [0.15, 0.2) is 0 Å². The van der Waals surface area contributed by atoms with Gasteiger partial charge in [-0.25, -0.2) is 10.4 Å². The minimum absolute atomic E-state index is 0. The highest BCUT2D eigenvalue weighted by atomic mass is 35.5. The van der Waals surface area contributed by atoms with Crippen molar-refractivity contribution < 1.29 is 0 Å². The number of fused-ring (bicyclic) bond motifs is 1. The van der Waals surface area contributed by atoms with Crippen molar-refractivity contribution in [3.8, 4) is 0 Å². The van der Waals surface area contributed by atoms with Gasteiger partial charge in [0.05, 0.1) is 12.6 Å². The van der Waals surface area contributed by atoms with Gasteiger partial charge in [-0.1, -0.05) is 18.2 Å². The summed E-state index contributed by atoms with van der Waals surface area (Å²) in [7, 11) is 4.04. The van der Waals surface area contributed by atoms with Crippen LogP contribution in [0.1, 0.15) is 13.3 Å². The van der Waals surface area contributed by atoms with Crippen LogP contribution in [-0.2, 0) is 6.54 Å². The van der Waals surface area contributed by atoms with E-state index in [-0.39, 0.29) is 12.4 Å². The van der Waals surface area contributed by atoms with Crippen LogP contribution in [0.3, 0.4) is 0 Å². The highest BCUT2D eigenvalue weighted by Crippen LogP contribution is 2.14. The molecule has 1 aromatic heterocycles. The maximum atomic E-state index is 6.46. The first-order valence-corrected chi connectivity index (χ1v) is 6.95. The molecule has 1 N–H and O–H groups in total. The Kier molecular flexibility index (Phi) is 10.2. The van der Waals surface area contributed by atoms with Crippen LogP contribution in [0.2, 0.25) is 0 Å². The van der Waals surface area contributed by atoms with E-state index in [2.05, 4.69) is 57.9 Å². The summed E-state index contributed by atoms with van der Waals surface area (Å²) < 4.78 is 2.25. The Morgan fingerprint density at radius 2 is 1.95 bits per heavy atom. The Morgan fingerprint density at radius 1 is 1.24 bits per heavy atom. The summed E-state index contributed by atoms with van der Waals surface area (Å²) in [5.74, 6) is 0. The van der Waals surface area contributed by atoms with Gasteiger partial charge in [0.2, 0.25) is 0 Å². The second-order valence-corrected chi connectivity index (χ2v) is 4.81.